The van der Waals surface area contributed by atoms with Gasteiger partial charge in [-0.15, -0.1) is 23.2 Å². The van der Waals surface area contributed by atoms with Crippen LogP contribution in [0.2, 0.25) is 5.02 Å². The fourth-order valence-corrected chi connectivity index (χ4v) is 6.13. The van der Waals surface area contributed by atoms with Crippen molar-refractivity contribution in [2.45, 2.75) is 29.8 Å². The van der Waals surface area contributed by atoms with E-state index < -0.39 is 74.5 Å². The van der Waals surface area contributed by atoms with Crippen molar-refractivity contribution in [3.8, 4) is 0 Å². The number of hydrogen-bond donors (Lipinski definition) is 3. The standard InChI is InChI=1S/C29H22Cl3F6N3O3S/c1-2-45-10-9-21(42)41-25-19(34)7-8-20(24(25)35)40-26(43)15-12-14(4-5-17(15)30)39-27(44)23-22(28(23,31)32)13-3-6-18(33)16(11-13)29(36,37)38/h3-8,11-12,22-23H,2,9-10H2,1H3,(H,39,44)(H,40,43)(H,41,42)/t22-,23?/m0/s1. The lowest BCUT2D eigenvalue weighted by atomic mass is 10.0. The van der Waals surface area contributed by atoms with E-state index in [9.17, 15) is 36.3 Å². The van der Waals surface area contributed by atoms with Crippen LogP contribution in [0.15, 0.2) is 48.5 Å². The van der Waals surface area contributed by atoms with Crippen molar-refractivity contribution in [3.05, 3.63) is 87.7 Å². The van der Waals surface area contributed by atoms with Crippen LogP contribution in [0.25, 0.3) is 0 Å². The number of halogens is 9. The molecule has 0 bridgehead atoms. The van der Waals surface area contributed by atoms with Crippen molar-refractivity contribution in [2.75, 3.05) is 27.5 Å². The van der Waals surface area contributed by atoms with Crippen molar-refractivity contribution < 1.29 is 40.7 Å². The lowest BCUT2D eigenvalue weighted by molar-refractivity contribution is -0.140. The van der Waals surface area contributed by atoms with Crippen molar-refractivity contribution in [1.82, 2.24) is 0 Å². The van der Waals surface area contributed by atoms with Gasteiger partial charge in [0.25, 0.3) is 5.91 Å². The first-order valence-corrected chi connectivity index (χ1v) is 15.4. The number of carbonyl (C=O) groups is 3. The number of hydrogen-bond acceptors (Lipinski definition) is 4. The molecule has 1 aliphatic carbocycles. The van der Waals surface area contributed by atoms with E-state index >= 15 is 4.39 Å². The second-order valence-electron chi connectivity index (χ2n) is 9.78. The third-order valence-corrected chi connectivity index (χ3v) is 8.92. The van der Waals surface area contributed by atoms with E-state index in [1.54, 1.807) is 0 Å². The number of anilines is 3. The van der Waals surface area contributed by atoms with Gasteiger partial charge >= 0.3 is 6.18 Å². The van der Waals surface area contributed by atoms with Crippen LogP contribution in [0.5, 0.6) is 0 Å². The van der Waals surface area contributed by atoms with Crippen molar-refractivity contribution in [1.29, 1.82) is 0 Å². The molecule has 3 aromatic carbocycles. The van der Waals surface area contributed by atoms with Gasteiger partial charge in [-0.05, 0) is 53.8 Å². The highest BCUT2D eigenvalue weighted by Crippen LogP contribution is 2.65. The molecule has 1 saturated carbocycles. The highest BCUT2D eigenvalue weighted by Gasteiger charge is 2.67. The lowest BCUT2D eigenvalue weighted by Gasteiger charge is -2.13. The summed E-state index contributed by atoms with van der Waals surface area (Å²) in [4.78, 5) is 38.2. The summed E-state index contributed by atoms with van der Waals surface area (Å²) >= 11 is 20.1. The Kier molecular flexibility index (Phi) is 10.6. The van der Waals surface area contributed by atoms with Crippen molar-refractivity contribution in [3.63, 3.8) is 0 Å². The summed E-state index contributed by atoms with van der Waals surface area (Å²) in [7, 11) is 0. The van der Waals surface area contributed by atoms with Gasteiger partial charge in [0, 0.05) is 23.8 Å². The molecule has 1 fully saturated rings. The third-order valence-electron chi connectivity index (χ3n) is 6.75. The minimum Gasteiger partial charge on any atom is -0.326 e. The summed E-state index contributed by atoms with van der Waals surface area (Å²) in [6.07, 6.45) is -4.98. The Balaban J connectivity index is 1.49. The predicted octanol–water partition coefficient (Wildman–Crippen LogP) is 8.64. The van der Waals surface area contributed by atoms with E-state index in [4.69, 9.17) is 34.8 Å². The quantitative estimate of drug-likeness (QED) is 0.112. The monoisotopic (exact) mass is 711 g/mol. The number of carbonyl (C=O) groups excluding carboxylic acids is 3. The summed E-state index contributed by atoms with van der Waals surface area (Å²) in [5, 5.41) is 6.74. The number of nitrogens with one attached hydrogen (secondary N) is 3. The number of amides is 3. The fraction of sp³-hybridized carbons (Fsp3) is 0.276. The number of alkyl halides is 5. The van der Waals surface area contributed by atoms with E-state index in [0.717, 1.165) is 30.0 Å². The first-order chi connectivity index (χ1) is 21.1. The zero-order valence-electron chi connectivity index (χ0n) is 22.9. The molecular weight excluding hydrogens is 691 g/mol. The van der Waals surface area contributed by atoms with Crippen LogP contribution in [0.1, 0.15) is 40.7 Å². The van der Waals surface area contributed by atoms with Gasteiger partial charge in [0.05, 0.1) is 27.8 Å². The molecule has 2 atom stereocenters. The number of benzene rings is 3. The van der Waals surface area contributed by atoms with Crippen LogP contribution in [0, 0.1) is 23.4 Å². The van der Waals surface area contributed by atoms with Crippen LogP contribution in [-0.4, -0.2) is 33.6 Å². The SMILES string of the molecule is CCSCCC(=O)Nc1c(F)ccc(NC(=O)c2cc(NC(=O)C3[C@H](c4ccc(F)c(C(F)(F)F)c4)C3(Cl)Cl)ccc2Cl)c1F. The summed E-state index contributed by atoms with van der Waals surface area (Å²) < 4.78 is 80.9. The molecule has 0 aromatic heterocycles. The topological polar surface area (TPSA) is 87.3 Å². The van der Waals surface area contributed by atoms with Gasteiger partial charge in [0.2, 0.25) is 11.8 Å². The average Bonchev–Trinajstić information content (AvgIpc) is 3.55. The molecule has 3 N–H and O–H groups in total. The molecule has 3 amide bonds. The Morgan fingerprint density at radius 1 is 0.933 bits per heavy atom. The maximum absolute atomic E-state index is 15.1. The summed E-state index contributed by atoms with van der Waals surface area (Å²) in [6.45, 7) is 1.89. The molecule has 0 spiro atoms. The molecule has 45 heavy (non-hydrogen) atoms. The van der Waals surface area contributed by atoms with Gasteiger partial charge in [-0.1, -0.05) is 24.6 Å². The highest BCUT2D eigenvalue weighted by molar-refractivity contribution is 7.99. The summed E-state index contributed by atoms with van der Waals surface area (Å²) in [5.41, 5.74) is -3.12. The van der Waals surface area contributed by atoms with E-state index in [1.807, 2.05) is 6.92 Å². The summed E-state index contributed by atoms with van der Waals surface area (Å²) in [5.74, 6) is -7.37. The van der Waals surface area contributed by atoms with Crippen LogP contribution in [0.4, 0.5) is 43.4 Å². The van der Waals surface area contributed by atoms with Crippen LogP contribution in [-0.2, 0) is 15.8 Å². The van der Waals surface area contributed by atoms with Gasteiger partial charge in [-0.3, -0.25) is 14.4 Å². The summed E-state index contributed by atoms with van der Waals surface area (Å²) in [6, 6.07) is 7.65. The van der Waals surface area contributed by atoms with E-state index in [-0.39, 0.29) is 28.3 Å². The van der Waals surface area contributed by atoms with Crippen LogP contribution in [0.3, 0.4) is 0 Å². The fourth-order valence-electron chi connectivity index (χ4n) is 4.48. The van der Waals surface area contributed by atoms with Crippen LogP contribution >= 0.6 is 46.6 Å². The highest BCUT2D eigenvalue weighted by atomic mass is 35.5. The molecule has 0 saturated heterocycles. The van der Waals surface area contributed by atoms with Gasteiger partial charge in [0.1, 0.15) is 21.7 Å². The minimum absolute atomic E-state index is 0.00287. The van der Waals surface area contributed by atoms with Gasteiger partial charge < -0.3 is 16.0 Å². The van der Waals surface area contributed by atoms with Gasteiger partial charge in [-0.25, -0.2) is 13.2 Å². The zero-order valence-corrected chi connectivity index (χ0v) is 26.0. The maximum Gasteiger partial charge on any atom is 0.419 e. The molecule has 4 rings (SSSR count). The molecule has 240 valence electrons. The number of thioether (sulfide) groups is 1. The third kappa shape index (κ3) is 7.82. The maximum atomic E-state index is 15.1. The second-order valence-corrected chi connectivity index (χ2v) is 13.0. The van der Waals surface area contributed by atoms with E-state index in [2.05, 4.69) is 16.0 Å². The van der Waals surface area contributed by atoms with Gasteiger partial charge in [0.15, 0.2) is 5.82 Å². The predicted molar refractivity (Wildman–Crippen MR) is 163 cm³/mol. The average molecular weight is 713 g/mol. The van der Waals surface area contributed by atoms with Crippen molar-refractivity contribution >= 4 is 81.3 Å². The normalized spacial score (nSPS) is 17.0. The molecular formula is C29H22Cl3F6N3O3S. The van der Waals surface area contributed by atoms with Gasteiger partial charge in [-0.2, -0.15) is 24.9 Å². The zero-order chi connectivity index (χ0) is 33.3. The second kappa shape index (κ2) is 13.7. The minimum atomic E-state index is -4.99. The molecule has 1 aliphatic rings. The van der Waals surface area contributed by atoms with E-state index in [1.165, 1.54) is 23.9 Å². The first kappa shape index (κ1) is 34.7. The number of rotatable bonds is 10. The van der Waals surface area contributed by atoms with Crippen molar-refractivity contribution in [2.24, 2.45) is 5.92 Å². The molecule has 0 aliphatic heterocycles. The lowest BCUT2D eigenvalue weighted by Crippen LogP contribution is -2.19. The van der Waals surface area contributed by atoms with E-state index in [0.29, 0.717) is 17.9 Å². The van der Waals surface area contributed by atoms with Crippen LogP contribution < -0.4 is 16.0 Å². The molecule has 1 unspecified atom stereocenters. The molecule has 3 aromatic rings. The smallest absolute Gasteiger partial charge is 0.326 e. The Bertz CT molecular complexity index is 1660. The Hall–Kier alpha value is -3.13. The molecule has 16 heteroatoms. The largest absolute Gasteiger partial charge is 0.419 e. The first-order valence-electron chi connectivity index (χ1n) is 13.1. The Morgan fingerprint density at radius 2 is 1.62 bits per heavy atom. The molecule has 0 radical (unpaired) electrons. The Labute approximate surface area is 272 Å². The molecule has 6 nitrogen and oxygen atoms in total. The Morgan fingerprint density at radius 3 is 2.29 bits per heavy atom. The molecule has 0 heterocycles.